The van der Waals surface area contributed by atoms with Crippen LogP contribution < -0.4 is 10.2 Å². The maximum atomic E-state index is 10.1. The van der Waals surface area contributed by atoms with Gasteiger partial charge in [-0.1, -0.05) is 11.8 Å². The number of carbonyl (C=O) groups is 2. The fraction of sp³-hybridized carbons (Fsp3) is 0.500. The van der Waals surface area contributed by atoms with E-state index in [1.807, 2.05) is 0 Å². The molecule has 0 heterocycles. The minimum absolute atomic E-state index is 0. The molecular weight excluding hydrogens is 313 g/mol. The summed E-state index contributed by atoms with van der Waals surface area (Å²) in [5.74, 6) is -3.71. The first-order valence-electron chi connectivity index (χ1n) is 4.46. The van der Waals surface area contributed by atoms with Crippen LogP contribution in [0.15, 0.2) is 9.98 Å². The molecule has 0 aromatic rings. The number of carboxylic acid groups (broad SMARTS) is 2. The quantitative estimate of drug-likeness (QED) is 0.314. The van der Waals surface area contributed by atoms with Crippen LogP contribution in [0.5, 0.6) is 0 Å². The van der Waals surface area contributed by atoms with E-state index in [9.17, 15) is 19.8 Å². The topological polar surface area (TPSA) is 193 Å². The predicted octanol–water partition coefficient (Wildman–Crippen LogP) is -2.24. The summed E-state index contributed by atoms with van der Waals surface area (Å²) in [5, 5.41) is 36.1. The summed E-state index contributed by atoms with van der Waals surface area (Å²) in [6.07, 6.45) is 0. The second-order valence-electron chi connectivity index (χ2n) is 2.56. The number of nitrogens with zero attached hydrogens (tertiary/aromatic N) is 2. The summed E-state index contributed by atoms with van der Waals surface area (Å²) < 4.78 is 0. The molecule has 0 aromatic heterocycles. The Hall–Kier alpha value is -1.58. The maximum Gasteiger partial charge on any atom is 0.325 e. The molecular formula is C8H12N4O6Zn-4. The van der Waals surface area contributed by atoms with Gasteiger partial charge in [0.2, 0.25) is 0 Å². The smallest absolute Gasteiger partial charge is 0.325 e. The van der Waals surface area contributed by atoms with Crippen LogP contribution in [-0.2, 0) is 29.1 Å². The third-order valence-corrected chi connectivity index (χ3v) is 1.08. The normalized spacial score (nSPS) is 10.8. The Kier molecular flexibility index (Phi) is 17.2. The Morgan fingerprint density at radius 1 is 0.895 bits per heavy atom. The zero-order valence-corrected chi connectivity index (χ0v) is 12.9. The van der Waals surface area contributed by atoms with Crippen molar-refractivity contribution < 1.29 is 49.5 Å². The van der Waals surface area contributed by atoms with E-state index in [-0.39, 0.29) is 19.5 Å². The summed E-state index contributed by atoms with van der Waals surface area (Å²) in [7, 11) is 0. The molecule has 0 saturated carbocycles. The van der Waals surface area contributed by atoms with Crippen molar-refractivity contribution in [1.29, 1.82) is 0 Å². The standard InChI is InChI=1S/2C4H7N2O3.Zn/c2*5-1-3(7)6-2-4(8)9;/h2*5H,1-2H2,(H,6,7)(H,8,9);/q2*-1;/p-2. The molecule has 0 radical (unpaired) electrons. The van der Waals surface area contributed by atoms with E-state index in [4.69, 9.17) is 21.7 Å². The average molecular weight is 326 g/mol. The molecule has 0 spiro atoms. The Labute approximate surface area is 121 Å². The van der Waals surface area contributed by atoms with Crippen LogP contribution >= 0.6 is 0 Å². The van der Waals surface area contributed by atoms with Crippen molar-refractivity contribution in [3.8, 4) is 0 Å². The van der Waals surface area contributed by atoms with Crippen LogP contribution in [0.4, 0.5) is 0 Å². The summed E-state index contributed by atoms with van der Waals surface area (Å²) in [6, 6.07) is 0. The van der Waals surface area contributed by atoms with Crippen LogP contribution in [-0.4, -0.2) is 60.1 Å². The zero-order chi connectivity index (χ0) is 14.6. The van der Waals surface area contributed by atoms with Gasteiger partial charge < -0.3 is 31.9 Å². The molecule has 0 aliphatic heterocycles. The van der Waals surface area contributed by atoms with Crippen LogP contribution in [0, 0.1) is 0 Å². The minimum atomic E-state index is -1.16. The van der Waals surface area contributed by atoms with Gasteiger partial charge in [-0.3, -0.25) is 19.6 Å². The van der Waals surface area contributed by atoms with Crippen molar-refractivity contribution in [3.05, 3.63) is 11.5 Å². The molecule has 0 aliphatic carbocycles. The van der Waals surface area contributed by atoms with E-state index in [1.165, 1.54) is 0 Å². The van der Waals surface area contributed by atoms with E-state index < -0.39 is 49.9 Å². The molecule has 11 heteroatoms. The number of aliphatic imine (C=N–C) groups is 2. The number of aliphatic carboxylic acids is 2. The van der Waals surface area contributed by atoms with Crippen molar-refractivity contribution in [2.75, 3.05) is 26.2 Å². The van der Waals surface area contributed by atoms with Crippen LogP contribution in [0.2, 0.25) is 0 Å². The number of hydrogen-bond acceptors (Lipinski definition) is 6. The Balaban J connectivity index is -0.000000256. The number of hydrogen-bond donors (Lipinski definition) is 2. The SMILES string of the molecule is [NH-]CC([O-])=NCC(=O)O.[NH-]CC([O-])=NCC(=O)O.[Zn]. The summed E-state index contributed by atoms with van der Waals surface area (Å²) in [5.41, 5.74) is 12.8. The van der Waals surface area contributed by atoms with E-state index in [0.717, 1.165) is 0 Å². The minimum Gasteiger partial charge on any atom is -0.863 e. The molecule has 0 aromatic carbocycles. The van der Waals surface area contributed by atoms with Crippen molar-refractivity contribution in [2.24, 2.45) is 9.98 Å². The molecule has 106 valence electrons. The van der Waals surface area contributed by atoms with E-state index >= 15 is 0 Å². The molecule has 0 bridgehead atoms. The largest absolute Gasteiger partial charge is 0.863 e. The molecule has 0 aliphatic rings. The summed E-state index contributed by atoms with van der Waals surface area (Å²) in [6.45, 7) is -2.02. The van der Waals surface area contributed by atoms with Crippen molar-refractivity contribution in [2.45, 2.75) is 0 Å². The molecule has 19 heavy (non-hydrogen) atoms. The summed E-state index contributed by atoms with van der Waals surface area (Å²) in [4.78, 5) is 25.5. The molecule has 0 saturated heterocycles. The Bertz CT molecular complexity index is 301. The van der Waals surface area contributed by atoms with E-state index in [1.54, 1.807) is 0 Å². The van der Waals surface area contributed by atoms with Gasteiger partial charge in [0.15, 0.2) is 0 Å². The molecule has 0 atom stereocenters. The van der Waals surface area contributed by atoms with Crippen molar-refractivity contribution >= 4 is 23.7 Å². The second-order valence-corrected chi connectivity index (χ2v) is 2.56. The van der Waals surface area contributed by atoms with Gasteiger partial charge in [0.05, 0.1) is 0 Å². The van der Waals surface area contributed by atoms with Gasteiger partial charge in [-0.05, 0) is 0 Å². The summed E-state index contributed by atoms with van der Waals surface area (Å²) >= 11 is 0. The molecule has 0 rings (SSSR count). The van der Waals surface area contributed by atoms with Gasteiger partial charge >= 0.3 is 11.9 Å². The first-order chi connectivity index (χ1) is 8.33. The van der Waals surface area contributed by atoms with Gasteiger partial charge in [0.25, 0.3) is 0 Å². The van der Waals surface area contributed by atoms with Crippen LogP contribution in [0.1, 0.15) is 0 Å². The Morgan fingerprint density at radius 3 is 1.32 bits per heavy atom. The molecule has 10 nitrogen and oxygen atoms in total. The number of rotatable bonds is 6. The second kappa shape index (κ2) is 14.5. The van der Waals surface area contributed by atoms with E-state index in [2.05, 4.69) is 9.98 Å². The van der Waals surface area contributed by atoms with Gasteiger partial charge in [-0.25, -0.2) is 0 Å². The first-order valence-corrected chi connectivity index (χ1v) is 4.46. The molecule has 0 fully saturated rings. The fourth-order valence-electron chi connectivity index (χ4n) is 0.423. The predicted molar refractivity (Wildman–Crippen MR) is 58.3 cm³/mol. The number of nitrogens with one attached hydrogen (secondary N) is 2. The van der Waals surface area contributed by atoms with E-state index in [0.29, 0.717) is 0 Å². The number of carboxylic acids is 2. The van der Waals surface area contributed by atoms with Crippen molar-refractivity contribution in [1.82, 2.24) is 0 Å². The molecule has 0 unspecified atom stereocenters. The van der Waals surface area contributed by atoms with Gasteiger partial charge in [0, 0.05) is 19.5 Å². The third-order valence-electron chi connectivity index (χ3n) is 1.08. The van der Waals surface area contributed by atoms with Crippen LogP contribution in [0.3, 0.4) is 0 Å². The Morgan fingerprint density at radius 2 is 1.16 bits per heavy atom. The monoisotopic (exact) mass is 324 g/mol. The van der Waals surface area contributed by atoms with Gasteiger partial charge in [-0.2, -0.15) is 0 Å². The van der Waals surface area contributed by atoms with Gasteiger partial charge in [-0.15, -0.1) is 13.1 Å². The fourth-order valence-corrected chi connectivity index (χ4v) is 0.423. The van der Waals surface area contributed by atoms with Crippen LogP contribution in [0.25, 0.3) is 11.5 Å². The first kappa shape index (κ1) is 22.6. The van der Waals surface area contributed by atoms with Crippen molar-refractivity contribution in [3.63, 3.8) is 0 Å². The average Bonchev–Trinajstić information content (AvgIpc) is 2.33. The zero-order valence-electron chi connectivity index (χ0n) is 9.96. The molecule has 0 amide bonds. The van der Waals surface area contributed by atoms with Gasteiger partial charge in [0.1, 0.15) is 13.1 Å². The maximum absolute atomic E-state index is 10.1. The third kappa shape index (κ3) is 22.1. The molecule has 4 N–H and O–H groups in total.